The molecule has 0 atom stereocenters. The van der Waals surface area contributed by atoms with Crippen molar-refractivity contribution >= 4 is 22.5 Å². The van der Waals surface area contributed by atoms with Gasteiger partial charge in [-0.15, -0.1) is 0 Å². The molecule has 0 saturated carbocycles. The fourth-order valence-corrected chi connectivity index (χ4v) is 3.98. The Balaban J connectivity index is 1.86. The molecule has 1 amide bonds. The van der Waals surface area contributed by atoms with Crippen LogP contribution in [0.2, 0.25) is 0 Å². The van der Waals surface area contributed by atoms with E-state index in [1.54, 1.807) is 24.1 Å². The standard InChI is InChI=1S/C27H26N2O3/c1-17-9-8-13-23(19(17)3)29(27(31)22-12-5-6-14-24(22)32-4)16-21-15-20-11-7-10-18(2)25(20)28-26(21)30/h5-15H,16H2,1-4H3,(H,28,30). The van der Waals surface area contributed by atoms with Gasteiger partial charge in [-0.25, -0.2) is 0 Å². The van der Waals surface area contributed by atoms with Crippen molar-refractivity contribution in [3.05, 3.63) is 105 Å². The van der Waals surface area contributed by atoms with Gasteiger partial charge in [0, 0.05) is 11.3 Å². The summed E-state index contributed by atoms with van der Waals surface area (Å²) in [5.41, 5.74) is 5.42. The normalized spacial score (nSPS) is 10.9. The number of nitrogens with one attached hydrogen (secondary N) is 1. The van der Waals surface area contributed by atoms with Crippen molar-refractivity contribution in [1.29, 1.82) is 0 Å². The number of fused-ring (bicyclic) bond motifs is 1. The van der Waals surface area contributed by atoms with Crippen LogP contribution >= 0.6 is 0 Å². The minimum atomic E-state index is -0.222. The highest BCUT2D eigenvalue weighted by Crippen LogP contribution is 2.29. The van der Waals surface area contributed by atoms with Gasteiger partial charge in [-0.3, -0.25) is 9.59 Å². The van der Waals surface area contributed by atoms with Gasteiger partial charge in [-0.05, 0) is 67.1 Å². The number of aromatic amines is 1. The molecule has 162 valence electrons. The number of aryl methyl sites for hydroxylation is 2. The van der Waals surface area contributed by atoms with Crippen LogP contribution in [-0.4, -0.2) is 18.0 Å². The van der Waals surface area contributed by atoms with Gasteiger partial charge in [-0.1, -0.05) is 42.5 Å². The van der Waals surface area contributed by atoms with Crippen LogP contribution in [0, 0.1) is 20.8 Å². The molecule has 0 radical (unpaired) electrons. The van der Waals surface area contributed by atoms with E-state index in [1.807, 2.05) is 75.4 Å². The molecule has 3 aromatic carbocycles. The third-order valence-electron chi connectivity index (χ3n) is 5.94. The summed E-state index contributed by atoms with van der Waals surface area (Å²) < 4.78 is 5.44. The fraction of sp³-hybridized carbons (Fsp3) is 0.185. The molecular formula is C27H26N2O3. The minimum absolute atomic E-state index is 0.139. The molecule has 5 nitrogen and oxygen atoms in total. The largest absolute Gasteiger partial charge is 0.496 e. The number of hydrogen-bond donors (Lipinski definition) is 1. The van der Waals surface area contributed by atoms with E-state index in [0.29, 0.717) is 16.9 Å². The monoisotopic (exact) mass is 426 g/mol. The van der Waals surface area contributed by atoms with Crippen LogP contribution in [-0.2, 0) is 6.54 Å². The summed E-state index contributed by atoms with van der Waals surface area (Å²) in [5, 5.41) is 0.935. The number of hydrogen-bond acceptors (Lipinski definition) is 3. The average molecular weight is 427 g/mol. The van der Waals surface area contributed by atoms with Crippen LogP contribution in [0.5, 0.6) is 5.75 Å². The molecule has 4 aromatic rings. The number of carbonyl (C=O) groups excluding carboxylic acids is 1. The number of carbonyl (C=O) groups is 1. The summed E-state index contributed by atoms with van der Waals surface area (Å²) in [6.07, 6.45) is 0. The number of para-hydroxylation sites is 2. The Bertz CT molecular complexity index is 1370. The summed E-state index contributed by atoms with van der Waals surface area (Å²) in [6.45, 7) is 6.10. The first-order valence-corrected chi connectivity index (χ1v) is 10.5. The quantitative estimate of drug-likeness (QED) is 0.470. The molecule has 0 unspecified atom stereocenters. The maximum absolute atomic E-state index is 13.8. The van der Waals surface area contributed by atoms with Gasteiger partial charge in [0.15, 0.2) is 0 Å². The number of pyridine rings is 1. The number of rotatable bonds is 5. The lowest BCUT2D eigenvalue weighted by molar-refractivity contribution is 0.0982. The first-order valence-electron chi connectivity index (χ1n) is 10.5. The molecule has 32 heavy (non-hydrogen) atoms. The maximum Gasteiger partial charge on any atom is 0.262 e. The lowest BCUT2D eigenvalue weighted by Crippen LogP contribution is -2.33. The van der Waals surface area contributed by atoms with Gasteiger partial charge in [0.1, 0.15) is 5.75 Å². The summed E-state index contributed by atoms with van der Waals surface area (Å²) in [5.74, 6) is 0.274. The lowest BCUT2D eigenvalue weighted by atomic mass is 10.0. The van der Waals surface area contributed by atoms with E-state index in [2.05, 4.69) is 4.98 Å². The summed E-state index contributed by atoms with van der Waals surface area (Å²) in [4.78, 5) is 31.4. The Hall–Kier alpha value is -3.86. The van der Waals surface area contributed by atoms with E-state index in [1.165, 1.54) is 0 Å². The van der Waals surface area contributed by atoms with E-state index in [9.17, 15) is 9.59 Å². The Morgan fingerprint density at radius 2 is 1.66 bits per heavy atom. The van der Waals surface area contributed by atoms with Crippen LogP contribution < -0.4 is 15.2 Å². The second-order valence-corrected chi connectivity index (χ2v) is 7.97. The minimum Gasteiger partial charge on any atom is -0.496 e. The SMILES string of the molecule is COc1ccccc1C(=O)N(Cc1cc2cccc(C)c2[nH]c1=O)c1cccc(C)c1C. The third kappa shape index (κ3) is 3.89. The molecule has 0 aliphatic carbocycles. The van der Waals surface area contributed by atoms with Gasteiger partial charge < -0.3 is 14.6 Å². The highest BCUT2D eigenvalue weighted by atomic mass is 16.5. The van der Waals surface area contributed by atoms with E-state index in [0.717, 1.165) is 33.3 Å². The van der Waals surface area contributed by atoms with Crippen LogP contribution in [0.25, 0.3) is 10.9 Å². The van der Waals surface area contributed by atoms with Crippen molar-refractivity contribution in [3.8, 4) is 5.75 Å². The first-order chi connectivity index (χ1) is 15.4. The lowest BCUT2D eigenvalue weighted by Gasteiger charge is -2.26. The molecule has 0 spiro atoms. The van der Waals surface area contributed by atoms with Gasteiger partial charge in [0.2, 0.25) is 0 Å². The van der Waals surface area contributed by atoms with Gasteiger partial charge in [0.05, 0.1) is 24.7 Å². The number of aromatic nitrogens is 1. The topological polar surface area (TPSA) is 62.4 Å². The third-order valence-corrected chi connectivity index (χ3v) is 5.94. The zero-order valence-electron chi connectivity index (χ0n) is 18.7. The van der Waals surface area contributed by atoms with Crippen molar-refractivity contribution in [2.75, 3.05) is 12.0 Å². The maximum atomic E-state index is 13.8. The van der Waals surface area contributed by atoms with Crippen molar-refractivity contribution in [1.82, 2.24) is 4.98 Å². The molecular weight excluding hydrogens is 400 g/mol. The molecule has 0 fully saturated rings. The predicted octanol–water partition coefficient (Wildman–Crippen LogP) is 5.31. The second-order valence-electron chi connectivity index (χ2n) is 7.97. The van der Waals surface area contributed by atoms with Crippen molar-refractivity contribution in [3.63, 3.8) is 0 Å². The highest BCUT2D eigenvalue weighted by molar-refractivity contribution is 6.08. The van der Waals surface area contributed by atoms with E-state index >= 15 is 0 Å². The molecule has 5 heteroatoms. The smallest absolute Gasteiger partial charge is 0.262 e. The molecule has 4 rings (SSSR count). The summed E-state index contributed by atoms with van der Waals surface area (Å²) in [6, 6.07) is 20.7. The van der Waals surface area contributed by atoms with Crippen LogP contribution in [0.4, 0.5) is 5.69 Å². The highest BCUT2D eigenvalue weighted by Gasteiger charge is 2.24. The van der Waals surface area contributed by atoms with Crippen molar-refractivity contribution in [2.45, 2.75) is 27.3 Å². The van der Waals surface area contributed by atoms with Gasteiger partial charge >= 0.3 is 0 Å². The van der Waals surface area contributed by atoms with Gasteiger partial charge in [0.25, 0.3) is 11.5 Å². The first kappa shape index (κ1) is 21.4. The molecule has 0 aliphatic rings. The summed E-state index contributed by atoms with van der Waals surface area (Å²) >= 11 is 0. The number of methoxy groups -OCH3 is 1. The number of ether oxygens (including phenoxy) is 1. The number of benzene rings is 3. The molecule has 1 heterocycles. The predicted molar refractivity (Wildman–Crippen MR) is 129 cm³/mol. The van der Waals surface area contributed by atoms with Crippen LogP contribution in [0.3, 0.4) is 0 Å². The van der Waals surface area contributed by atoms with E-state index < -0.39 is 0 Å². The van der Waals surface area contributed by atoms with Crippen LogP contribution in [0.15, 0.2) is 71.5 Å². The molecule has 1 aromatic heterocycles. The Labute approximate surface area is 187 Å². The Morgan fingerprint density at radius 3 is 2.44 bits per heavy atom. The Morgan fingerprint density at radius 1 is 0.938 bits per heavy atom. The zero-order chi connectivity index (χ0) is 22.8. The molecule has 0 saturated heterocycles. The number of anilines is 1. The van der Waals surface area contributed by atoms with Crippen molar-refractivity contribution < 1.29 is 9.53 Å². The van der Waals surface area contributed by atoms with Crippen molar-refractivity contribution in [2.24, 2.45) is 0 Å². The zero-order valence-corrected chi connectivity index (χ0v) is 18.7. The number of H-pyrrole nitrogens is 1. The second kappa shape index (κ2) is 8.71. The van der Waals surface area contributed by atoms with E-state index in [-0.39, 0.29) is 18.0 Å². The molecule has 0 bridgehead atoms. The average Bonchev–Trinajstić information content (AvgIpc) is 2.80. The summed E-state index contributed by atoms with van der Waals surface area (Å²) in [7, 11) is 1.55. The number of amides is 1. The van der Waals surface area contributed by atoms with Gasteiger partial charge in [-0.2, -0.15) is 0 Å². The fourth-order valence-electron chi connectivity index (χ4n) is 3.98. The van der Waals surface area contributed by atoms with E-state index in [4.69, 9.17) is 4.74 Å². The molecule has 0 aliphatic heterocycles. The number of nitrogens with zero attached hydrogens (tertiary/aromatic N) is 1. The van der Waals surface area contributed by atoms with Crippen LogP contribution in [0.1, 0.15) is 32.6 Å². The molecule has 1 N–H and O–H groups in total. The Kier molecular flexibility index (Phi) is 5.82.